The van der Waals surface area contributed by atoms with Crippen molar-refractivity contribution in [3.05, 3.63) is 0 Å². The summed E-state index contributed by atoms with van der Waals surface area (Å²) in [5.74, 6) is 0. The van der Waals surface area contributed by atoms with Crippen LogP contribution < -0.4 is 0 Å². The number of hydrogen-bond acceptors (Lipinski definition) is 2. The average molecular weight is 120 g/mol. The fourth-order valence-electron chi connectivity index (χ4n) is 0.779. The zero-order valence-electron chi connectivity index (χ0n) is 8.52. The van der Waals surface area contributed by atoms with Crippen LogP contribution in [0.4, 0.5) is 0 Å². The van der Waals surface area contributed by atoms with Crippen LogP contribution in [0.15, 0.2) is 0 Å². The lowest BCUT2D eigenvalue weighted by molar-refractivity contribution is -0.00908. The van der Waals surface area contributed by atoms with Crippen molar-refractivity contribution in [2.75, 3.05) is 13.1 Å². The molecule has 0 spiro atoms. The second kappa shape index (κ2) is 2.03. The van der Waals surface area contributed by atoms with E-state index in [4.69, 9.17) is 15.7 Å². The van der Waals surface area contributed by atoms with Crippen LogP contribution in [0.2, 0.25) is 0 Å². The minimum atomic E-state index is -2.65. The first kappa shape index (κ1) is 2.67. The molecular weight excluding hydrogens is 104 g/mol. The quantitative estimate of drug-likeness (QED) is 0.544. The lowest BCUT2D eigenvalue weighted by Crippen LogP contribution is -2.36. The van der Waals surface area contributed by atoms with Gasteiger partial charge in [0.15, 0.2) is 0 Å². The summed E-state index contributed by atoms with van der Waals surface area (Å²) in [6.07, 6.45) is 1.00. The molecule has 0 heterocycles. The van der Waals surface area contributed by atoms with Gasteiger partial charge in [0, 0.05) is 5.41 Å². The maximum absolute atomic E-state index is 9.06. The van der Waals surface area contributed by atoms with Crippen molar-refractivity contribution in [1.29, 1.82) is 0 Å². The summed E-state index contributed by atoms with van der Waals surface area (Å²) in [4.78, 5) is 0. The van der Waals surface area contributed by atoms with Gasteiger partial charge in [-0.3, -0.25) is 0 Å². The Morgan fingerprint density at radius 3 is 1.88 bits per heavy atom. The highest BCUT2D eigenvalue weighted by Gasteiger charge is 2.35. The molecule has 48 valence electrons. The van der Waals surface area contributed by atoms with Crippen molar-refractivity contribution in [2.24, 2.45) is 5.41 Å². The Kier molecular flexibility index (Phi) is 0.679. The number of rotatable bonds is 2. The third kappa shape index (κ3) is 0.740. The van der Waals surface area contributed by atoms with Gasteiger partial charge < -0.3 is 10.2 Å². The van der Waals surface area contributed by atoms with Gasteiger partial charge in [0.05, 0.1) is 18.6 Å². The fraction of sp³-hybridized carbons (Fsp3) is 1.00. The summed E-state index contributed by atoms with van der Waals surface area (Å²) in [5.41, 5.74) is -1.62. The molecule has 2 N–H and O–H groups in total. The van der Waals surface area contributed by atoms with E-state index in [0.717, 1.165) is 0 Å². The van der Waals surface area contributed by atoms with E-state index in [1.807, 2.05) is 0 Å². The van der Waals surface area contributed by atoms with Gasteiger partial charge in [-0.2, -0.15) is 0 Å². The molecule has 8 heavy (non-hydrogen) atoms. The van der Waals surface area contributed by atoms with E-state index in [0.29, 0.717) is 6.42 Å². The van der Waals surface area contributed by atoms with Crippen molar-refractivity contribution in [3.63, 3.8) is 0 Å². The molecule has 1 fully saturated rings. The molecule has 0 radical (unpaired) electrons. The summed E-state index contributed by atoms with van der Waals surface area (Å²) in [7, 11) is 0. The van der Waals surface area contributed by atoms with Crippen LogP contribution in [0, 0.1) is 5.41 Å². The van der Waals surface area contributed by atoms with Crippen LogP contribution in [-0.4, -0.2) is 23.3 Å². The fourth-order valence-corrected chi connectivity index (χ4v) is 0.779. The molecule has 1 aliphatic rings. The van der Waals surface area contributed by atoms with Crippen LogP contribution in [0.25, 0.3) is 0 Å². The summed E-state index contributed by atoms with van der Waals surface area (Å²) in [6.45, 7) is -5.30. The highest BCUT2D eigenvalue weighted by molar-refractivity contribution is 4.85. The predicted octanol–water partition coefficient (Wildman–Crippen LogP) is 0.141. The molecule has 1 rings (SSSR count). The lowest BCUT2D eigenvalue weighted by atomic mass is 9.70. The van der Waals surface area contributed by atoms with E-state index in [1.165, 1.54) is 0 Å². The van der Waals surface area contributed by atoms with Gasteiger partial charge in [-0.05, 0) is 12.8 Å². The van der Waals surface area contributed by atoms with Gasteiger partial charge in [0.1, 0.15) is 0 Å². The van der Waals surface area contributed by atoms with Gasteiger partial charge in [0.25, 0.3) is 0 Å². The van der Waals surface area contributed by atoms with E-state index < -0.39 is 18.5 Å². The Hall–Kier alpha value is -0.0800. The van der Waals surface area contributed by atoms with Gasteiger partial charge in [-0.25, -0.2) is 0 Å². The third-order valence-electron chi connectivity index (χ3n) is 1.64. The minimum Gasteiger partial charge on any atom is -0.396 e. The van der Waals surface area contributed by atoms with Crippen molar-refractivity contribution >= 4 is 0 Å². The molecule has 0 aromatic carbocycles. The van der Waals surface area contributed by atoms with Gasteiger partial charge >= 0.3 is 0 Å². The lowest BCUT2D eigenvalue weighted by Gasteiger charge is -2.38. The van der Waals surface area contributed by atoms with Crippen molar-refractivity contribution < 1.29 is 15.7 Å². The maximum atomic E-state index is 9.06. The Morgan fingerprint density at radius 2 is 1.88 bits per heavy atom. The van der Waals surface area contributed by atoms with Crippen molar-refractivity contribution in [3.8, 4) is 0 Å². The van der Waals surface area contributed by atoms with Gasteiger partial charge in [-0.15, -0.1) is 0 Å². The van der Waals surface area contributed by atoms with E-state index in [2.05, 4.69) is 0 Å². The van der Waals surface area contributed by atoms with E-state index >= 15 is 0 Å². The Balaban J connectivity index is 2.92. The second-order valence-corrected chi connectivity index (χ2v) is 2.16. The molecule has 2 nitrogen and oxygen atoms in total. The number of hydrogen-bond donors (Lipinski definition) is 2. The predicted molar refractivity (Wildman–Crippen MR) is 30.5 cm³/mol. The smallest absolute Gasteiger partial charge is 0.0570 e. The molecule has 0 bridgehead atoms. The first-order valence-corrected chi connectivity index (χ1v) is 2.65. The largest absolute Gasteiger partial charge is 0.396 e. The molecule has 0 aromatic rings. The average Bonchev–Trinajstić information content (AvgIpc) is 1.47. The summed E-state index contributed by atoms with van der Waals surface area (Å²) >= 11 is 0. The highest BCUT2D eigenvalue weighted by Crippen LogP contribution is 2.39. The summed E-state index contributed by atoms with van der Waals surface area (Å²) < 4.78 is 28.1. The summed E-state index contributed by atoms with van der Waals surface area (Å²) in [6, 6.07) is 0. The van der Waals surface area contributed by atoms with Crippen LogP contribution >= 0.6 is 0 Å². The zero-order chi connectivity index (χ0) is 9.62. The van der Waals surface area contributed by atoms with Crippen LogP contribution in [0.3, 0.4) is 0 Å². The molecule has 0 atom stereocenters. The monoisotopic (exact) mass is 120 g/mol. The first-order chi connectivity index (χ1) is 5.21. The zero-order valence-corrected chi connectivity index (χ0v) is 4.52. The molecule has 1 aliphatic carbocycles. The Labute approximate surface area is 54.8 Å². The van der Waals surface area contributed by atoms with E-state index in [9.17, 15) is 0 Å². The first-order valence-electron chi connectivity index (χ1n) is 4.65. The highest BCUT2D eigenvalue weighted by atomic mass is 16.3. The molecule has 0 aromatic heterocycles. The molecule has 0 aliphatic heterocycles. The Morgan fingerprint density at radius 1 is 1.38 bits per heavy atom. The van der Waals surface area contributed by atoms with Gasteiger partial charge in [0.2, 0.25) is 0 Å². The molecule has 0 amide bonds. The topological polar surface area (TPSA) is 40.5 Å². The van der Waals surface area contributed by atoms with Gasteiger partial charge in [-0.1, -0.05) is 6.42 Å². The van der Waals surface area contributed by atoms with Crippen molar-refractivity contribution in [1.82, 2.24) is 0 Å². The second-order valence-electron chi connectivity index (χ2n) is 2.16. The molecular formula is C6H12O2. The molecule has 0 saturated heterocycles. The van der Waals surface area contributed by atoms with Crippen LogP contribution in [0.1, 0.15) is 24.7 Å². The van der Waals surface area contributed by atoms with Crippen molar-refractivity contribution in [2.45, 2.75) is 19.3 Å². The molecule has 0 unspecified atom stereocenters. The van der Waals surface area contributed by atoms with E-state index in [-0.39, 0.29) is 12.8 Å². The molecule has 1 saturated carbocycles. The third-order valence-corrected chi connectivity index (χ3v) is 1.64. The molecule has 2 heteroatoms. The minimum absolute atomic E-state index is 0.181. The van der Waals surface area contributed by atoms with E-state index in [1.54, 1.807) is 0 Å². The standard InChI is InChI=1S/C6H12O2/c7-4-6(5-8)2-1-3-6/h7-8H,1-5H2/i4D2,5D2. The SMILES string of the molecule is [2H]C([2H])(O)C1(C([2H])([2H])O)CCC1. The van der Waals surface area contributed by atoms with Crippen LogP contribution in [0.5, 0.6) is 0 Å². The summed E-state index contributed by atoms with van der Waals surface area (Å²) in [5, 5.41) is 18.1. The van der Waals surface area contributed by atoms with Crippen LogP contribution in [-0.2, 0) is 0 Å². The Bertz CT molecular complexity index is 161. The maximum Gasteiger partial charge on any atom is 0.0570 e. The number of aliphatic hydroxyl groups is 2. The normalized spacial score (nSPS) is 35.8.